The normalized spacial score (nSPS) is 10.8. The molecule has 0 atom stereocenters. The highest BCUT2D eigenvalue weighted by molar-refractivity contribution is 7.12. The van der Waals surface area contributed by atoms with Crippen LogP contribution in [0.25, 0.3) is 11.0 Å². The van der Waals surface area contributed by atoms with E-state index in [1.165, 1.54) is 11.3 Å². The number of hydrogen-bond acceptors (Lipinski definition) is 5. The largest absolute Gasteiger partial charge is 0.457 e. The van der Waals surface area contributed by atoms with E-state index in [-0.39, 0.29) is 25.2 Å². The minimum absolute atomic E-state index is 0.0307. The summed E-state index contributed by atoms with van der Waals surface area (Å²) >= 11 is 1.38. The van der Waals surface area contributed by atoms with Gasteiger partial charge in [-0.2, -0.15) is 0 Å². The van der Waals surface area contributed by atoms with E-state index >= 15 is 0 Å². The lowest BCUT2D eigenvalue weighted by molar-refractivity contribution is -0.145. The predicted octanol–water partition coefficient (Wildman–Crippen LogP) is 4.51. The summed E-state index contributed by atoms with van der Waals surface area (Å²) in [7, 11) is 0. The first-order chi connectivity index (χ1) is 11.1. The fourth-order valence-corrected chi connectivity index (χ4v) is 3.05. The van der Waals surface area contributed by atoms with Gasteiger partial charge in [-0.25, -0.2) is 0 Å². The lowest BCUT2D eigenvalue weighted by Gasteiger charge is -2.03. The monoisotopic (exact) mass is 328 g/mol. The molecule has 0 amide bonds. The van der Waals surface area contributed by atoms with Gasteiger partial charge < -0.3 is 9.15 Å². The molecule has 0 aliphatic rings. The van der Waals surface area contributed by atoms with Crippen molar-refractivity contribution in [2.75, 3.05) is 0 Å². The van der Waals surface area contributed by atoms with Gasteiger partial charge in [0.05, 0.1) is 11.3 Å². The Morgan fingerprint density at radius 2 is 1.96 bits per heavy atom. The Labute approximate surface area is 137 Å². The summed E-state index contributed by atoms with van der Waals surface area (Å²) in [5.74, 6) is 0.218. The molecule has 0 aliphatic heterocycles. The van der Waals surface area contributed by atoms with Crippen LogP contribution in [-0.2, 0) is 16.1 Å². The number of hydrogen-bond donors (Lipinski definition) is 0. The first kappa shape index (κ1) is 15.5. The molecular weight excluding hydrogens is 312 g/mol. The summed E-state index contributed by atoms with van der Waals surface area (Å²) < 4.78 is 10.9. The third-order valence-electron chi connectivity index (χ3n) is 3.66. The van der Waals surface area contributed by atoms with E-state index in [0.717, 1.165) is 16.5 Å². The van der Waals surface area contributed by atoms with Crippen LogP contribution in [0.15, 0.2) is 46.2 Å². The number of furan rings is 1. The van der Waals surface area contributed by atoms with Crippen molar-refractivity contribution >= 4 is 34.1 Å². The van der Waals surface area contributed by atoms with E-state index in [2.05, 4.69) is 0 Å². The number of Topliss-reactive ketones (excluding diaryl/α,β-unsaturated/α-hetero) is 1. The van der Waals surface area contributed by atoms with Gasteiger partial charge in [-0.05, 0) is 24.4 Å². The van der Waals surface area contributed by atoms with Crippen LogP contribution in [0.5, 0.6) is 0 Å². The molecule has 0 N–H and O–H groups in total. The van der Waals surface area contributed by atoms with Gasteiger partial charge in [0.2, 0.25) is 0 Å². The second kappa shape index (κ2) is 6.79. The van der Waals surface area contributed by atoms with Crippen molar-refractivity contribution in [1.82, 2.24) is 0 Å². The van der Waals surface area contributed by atoms with Crippen LogP contribution >= 0.6 is 11.3 Å². The van der Waals surface area contributed by atoms with Crippen LogP contribution in [0.2, 0.25) is 0 Å². The third-order valence-corrected chi connectivity index (χ3v) is 4.57. The number of benzene rings is 1. The Balaban J connectivity index is 1.54. The zero-order valence-electron chi connectivity index (χ0n) is 12.7. The van der Waals surface area contributed by atoms with Gasteiger partial charge in [-0.1, -0.05) is 24.3 Å². The number of rotatable bonds is 6. The predicted molar refractivity (Wildman–Crippen MR) is 88.6 cm³/mol. The smallest absolute Gasteiger partial charge is 0.306 e. The van der Waals surface area contributed by atoms with Gasteiger partial charge in [-0.15, -0.1) is 11.3 Å². The first-order valence-corrected chi connectivity index (χ1v) is 8.22. The standard InChI is InChI=1S/C18H16O4S/c1-12-13-5-2-3-6-15(13)22-16(12)11-21-18(20)9-8-14(19)17-7-4-10-23-17/h2-7,10H,8-9,11H2,1H3. The second-order valence-corrected chi connectivity index (χ2v) is 6.16. The van der Waals surface area contributed by atoms with Crippen molar-refractivity contribution in [3.8, 4) is 0 Å². The Bertz CT molecular complexity index is 830. The molecule has 23 heavy (non-hydrogen) atoms. The van der Waals surface area contributed by atoms with Crippen LogP contribution < -0.4 is 0 Å². The summed E-state index contributed by atoms with van der Waals surface area (Å²) in [6, 6.07) is 11.3. The topological polar surface area (TPSA) is 56.5 Å². The first-order valence-electron chi connectivity index (χ1n) is 7.34. The fraction of sp³-hybridized carbons (Fsp3) is 0.222. The van der Waals surface area contributed by atoms with E-state index < -0.39 is 5.97 Å². The molecule has 0 saturated carbocycles. The number of esters is 1. The quantitative estimate of drug-likeness (QED) is 0.493. The Hall–Kier alpha value is -2.40. The zero-order chi connectivity index (χ0) is 16.2. The maximum atomic E-state index is 11.8. The van der Waals surface area contributed by atoms with Crippen molar-refractivity contribution in [2.45, 2.75) is 26.4 Å². The minimum atomic E-state index is -0.394. The van der Waals surface area contributed by atoms with Crippen LogP contribution in [0.3, 0.4) is 0 Å². The van der Waals surface area contributed by atoms with Gasteiger partial charge >= 0.3 is 5.97 Å². The molecule has 0 aliphatic carbocycles. The molecule has 0 fully saturated rings. The van der Waals surface area contributed by atoms with Crippen LogP contribution in [0.1, 0.15) is 33.8 Å². The number of aryl methyl sites for hydroxylation is 1. The summed E-state index contributed by atoms with van der Waals surface area (Å²) in [6.07, 6.45) is 0.245. The molecule has 0 radical (unpaired) electrons. The number of thiophene rings is 1. The van der Waals surface area contributed by atoms with Crippen LogP contribution in [0, 0.1) is 6.92 Å². The maximum Gasteiger partial charge on any atom is 0.306 e. The van der Waals surface area contributed by atoms with E-state index in [4.69, 9.17) is 9.15 Å². The molecule has 1 aromatic carbocycles. The Kier molecular flexibility index (Phi) is 4.57. The van der Waals surface area contributed by atoms with Gasteiger partial charge in [0.25, 0.3) is 0 Å². The van der Waals surface area contributed by atoms with E-state index in [1.807, 2.05) is 42.6 Å². The molecule has 2 aromatic heterocycles. The zero-order valence-corrected chi connectivity index (χ0v) is 13.5. The highest BCUT2D eigenvalue weighted by Gasteiger charge is 2.14. The average Bonchev–Trinajstić information content (AvgIpc) is 3.20. The number of ether oxygens (including phenoxy) is 1. The maximum absolute atomic E-state index is 11.8. The Morgan fingerprint density at radius 1 is 1.13 bits per heavy atom. The number of para-hydroxylation sites is 1. The van der Waals surface area contributed by atoms with Crippen LogP contribution in [-0.4, -0.2) is 11.8 Å². The second-order valence-electron chi connectivity index (χ2n) is 5.21. The molecule has 0 bridgehead atoms. The molecule has 0 spiro atoms. The van der Waals surface area contributed by atoms with E-state index in [1.54, 1.807) is 6.07 Å². The van der Waals surface area contributed by atoms with Gasteiger partial charge in [0.1, 0.15) is 18.0 Å². The lowest BCUT2D eigenvalue weighted by atomic mass is 10.1. The Morgan fingerprint density at radius 3 is 2.70 bits per heavy atom. The molecule has 2 heterocycles. The summed E-state index contributed by atoms with van der Waals surface area (Å²) in [5.41, 5.74) is 1.76. The van der Waals surface area contributed by atoms with Gasteiger partial charge in [0.15, 0.2) is 5.78 Å². The van der Waals surface area contributed by atoms with Crippen LogP contribution in [0.4, 0.5) is 0 Å². The number of carbonyl (C=O) groups excluding carboxylic acids is 2. The summed E-state index contributed by atoms with van der Waals surface area (Å²) in [5, 5.41) is 2.86. The fourth-order valence-electron chi connectivity index (χ4n) is 2.36. The van der Waals surface area contributed by atoms with Gasteiger partial charge in [0, 0.05) is 17.4 Å². The molecule has 3 rings (SSSR count). The van der Waals surface area contributed by atoms with Crippen molar-refractivity contribution in [3.63, 3.8) is 0 Å². The van der Waals surface area contributed by atoms with E-state index in [9.17, 15) is 9.59 Å². The van der Waals surface area contributed by atoms with Gasteiger partial charge in [-0.3, -0.25) is 9.59 Å². The average molecular weight is 328 g/mol. The van der Waals surface area contributed by atoms with Crippen molar-refractivity contribution < 1.29 is 18.7 Å². The SMILES string of the molecule is Cc1c(COC(=O)CCC(=O)c2cccs2)oc2ccccc12. The van der Waals surface area contributed by atoms with Crippen molar-refractivity contribution in [2.24, 2.45) is 0 Å². The highest BCUT2D eigenvalue weighted by atomic mass is 32.1. The molecule has 5 heteroatoms. The highest BCUT2D eigenvalue weighted by Crippen LogP contribution is 2.25. The minimum Gasteiger partial charge on any atom is -0.457 e. The lowest BCUT2D eigenvalue weighted by Crippen LogP contribution is -2.07. The van der Waals surface area contributed by atoms with Crippen molar-refractivity contribution in [3.05, 3.63) is 58.0 Å². The van der Waals surface area contributed by atoms with E-state index in [0.29, 0.717) is 10.6 Å². The number of ketones is 1. The summed E-state index contributed by atoms with van der Waals surface area (Å²) in [6.45, 7) is 2.03. The molecule has 4 nitrogen and oxygen atoms in total. The molecule has 0 saturated heterocycles. The van der Waals surface area contributed by atoms with Crippen molar-refractivity contribution in [1.29, 1.82) is 0 Å². The molecule has 3 aromatic rings. The third kappa shape index (κ3) is 3.51. The summed E-state index contributed by atoms with van der Waals surface area (Å²) in [4.78, 5) is 24.3. The molecule has 0 unspecified atom stereocenters. The molecular formula is C18H16O4S. The number of carbonyl (C=O) groups is 2. The molecule has 118 valence electrons. The number of fused-ring (bicyclic) bond motifs is 1.